The molecule has 0 unspecified atom stereocenters. The van der Waals surface area contributed by atoms with Crippen LogP contribution < -0.4 is 9.64 Å². The maximum absolute atomic E-state index is 9.91. The minimum atomic E-state index is 0.571. The fourth-order valence-corrected chi connectivity index (χ4v) is 4.62. The van der Waals surface area contributed by atoms with E-state index in [0.29, 0.717) is 11.1 Å². The molecule has 0 aliphatic rings. The number of fused-ring (bicyclic) bond motifs is 1. The van der Waals surface area contributed by atoms with Crippen LogP contribution in [0.2, 0.25) is 0 Å². The zero-order valence-corrected chi connectivity index (χ0v) is 21.2. The summed E-state index contributed by atoms with van der Waals surface area (Å²) in [5.74, 6) is 0.812. The van der Waals surface area contributed by atoms with Gasteiger partial charge in [-0.2, -0.15) is 10.5 Å². The van der Waals surface area contributed by atoms with Crippen molar-refractivity contribution in [1.82, 2.24) is 0 Å². The molecule has 0 atom stereocenters. The maximum atomic E-state index is 9.91. The van der Waals surface area contributed by atoms with Crippen LogP contribution in [0.15, 0.2) is 103 Å². The molecule has 0 aromatic heterocycles. The van der Waals surface area contributed by atoms with Gasteiger partial charge in [-0.3, -0.25) is 0 Å². The van der Waals surface area contributed by atoms with E-state index >= 15 is 0 Å². The standard InChI is InChI=1S/C34H25N3O/c1-24-8-20-32-31(33(24)22-35)21-13-26(34(32)23-36)12-9-25-10-14-28(15-11-25)37(27-6-4-3-5-7-27)29-16-18-30(38-2)19-17-29/h3-21H,1-2H3/b12-9+. The van der Waals surface area contributed by atoms with Gasteiger partial charge in [-0.1, -0.05) is 66.7 Å². The third kappa shape index (κ3) is 4.72. The van der Waals surface area contributed by atoms with Gasteiger partial charge in [-0.05, 0) is 72.1 Å². The van der Waals surface area contributed by atoms with Crippen molar-refractivity contribution in [2.45, 2.75) is 6.92 Å². The Balaban J connectivity index is 1.48. The molecule has 5 aromatic carbocycles. The first-order valence-corrected chi connectivity index (χ1v) is 12.3. The molecule has 0 aliphatic carbocycles. The van der Waals surface area contributed by atoms with Crippen LogP contribution in [0.3, 0.4) is 0 Å². The van der Waals surface area contributed by atoms with Crippen LogP contribution in [0.4, 0.5) is 17.1 Å². The van der Waals surface area contributed by atoms with Crippen LogP contribution in [-0.2, 0) is 0 Å². The summed E-state index contributed by atoms with van der Waals surface area (Å²) >= 11 is 0. The minimum absolute atomic E-state index is 0.571. The lowest BCUT2D eigenvalue weighted by Gasteiger charge is -2.25. The van der Waals surface area contributed by atoms with Crippen LogP contribution in [0, 0.1) is 29.6 Å². The normalized spacial score (nSPS) is 10.7. The summed E-state index contributed by atoms with van der Waals surface area (Å²) in [5.41, 5.74) is 7.05. The first-order valence-electron chi connectivity index (χ1n) is 12.3. The lowest BCUT2D eigenvalue weighted by molar-refractivity contribution is 0.415. The SMILES string of the molecule is COc1ccc(N(c2ccccc2)c2ccc(/C=C/c3ccc4c(C#N)c(C)ccc4c3C#N)cc2)cc1. The molecule has 0 amide bonds. The van der Waals surface area contributed by atoms with Gasteiger partial charge in [0.15, 0.2) is 0 Å². The molecule has 182 valence electrons. The monoisotopic (exact) mass is 491 g/mol. The third-order valence-corrected chi connectivity index (χ3v) is 6.62. The van der Waals surface area contributed by atoms with E-state index in [1.807, 2.05) is 85.8 Å². The summed E-state index contributed by atoms with van der Waals surface area (Å²) < 4.78 is 5.34. The Hall–Kier alpha value is -5.32. The number of hydrogen-bond acceptors (Lipinski definition) is 4. The van der Waals surface area contributed by atoms with Crippen LogP contribution in [0.5, 0.6) is 5.75 Å². The fraction of sp³-hybridized carbons (Fsp3) is 0.0588. The molecular formula is C34H25N3O. The first kappa shape index (κ1) is 24.4. The Kier molecular flexibility index (Phi) is 6.89. The number of nitrogens with zero attached hydrogens (tertiary/aromatic N) is 3. The van der Waals surface area contributed by atoms with Crippen LogP contribution in [0.1, 0.15) is 27.8 Å². The van der Waals surface area contributed by atoms with Crippen molar-refractivity contribution in [3.63, 3.8) is 0 Å². The molecule has 0 saturated carbocycles. The number of rotatable bonds is 6. The van der Waals surface area contributed by atoms with Crippen molar-refractivity contribution >= 4 is 40.0 Å². The fourth-order valence-electron chi connectivity index (χ4n) is 4.62. The molecule has 4 heteroatoms. The minimum Gasteiger partial charge on any atom is -0.497 e. The topological polar surface area (TPSA) is 60.0 Å². The molecule has 0 aliphatic heterocycles. The quantitative estimate of drug-likeness (QED) is 0.223. The molecule has 0 radical (unpaired) electrons. The highest BCUT2D eigenvalue weighted by Crippen LogP contribution is 2.35. The second-order valence-electron chi connectivity index (χ2n) is 8.90. The maximum Gasteiger partial charge on any atom is 0.119 e. The number of benzene rings is 5. The molecule has 0 heterocycles. The highest BCUT2D eigenvalue weighted by Gasteiger charge is 2.13. The molecule has 38 heavy (non-hydrogen) atoms. The van der Waals surface area contributed by atoms with E-state index in [9.17, 15) is 10.5 Å². The van der Waals surface area contributed by atoms with Crippen molar-refractivity contribution in [3.8, 4) is 17.9 Å². The predicted molar refractivity (Wildman–Crippen MR) is 155 cm³/mol. The molecule has 0 saturated heterocycles. The summed E-state index contributed by atoms with van der Waals surface area (Å²) in [6.45, 7) is 1.91. The van der Waals surface area contributed by atoms with E-state index in [1.165, 1.54) is 0 Å². The number of ether oxygens (including phenoxy) is 1. The third-order valence-electron chi connectivity index (χ3n) is 6.62. The number of methoxy groups -OCH3 is 1. The van der Waals surface area contributed by atoms with Gasteiger partial charge < -0.3 is 9.64 Å². The number of nitriles is 2. The van der Waals surface area contributed by atoms with Crippen molar-refractivity contribution < 1.29 is 4.74 Å². The Morgan fingerprint density at radius 1 is 0.632 bits per heavy atom. The van der Waals surface area contributed by atoms with Crippen LogP contribution >= 0.6 is 0 Å². The molecule has 5 rings (SSSR count). The smallest absolute Gasteiger partial charge is 0.119 e. The van der Waals surface area contributed by atoms with Crippen molar-refractivity contribution in [2.24, 2.45) is 0 Å². The van der Waals surface area contributed by atoms with Gasteiger partial charge in [-0.15, -0.1) is 0 Å². The Labute approximate surface area is 222 Å². The van der Waals surface area contributed by atoms with Crippen molar-refractivity contribution in [3.05, 3.63) is 131 Å². The van der Waals surface area contributed by atoms with Gasteiger partial charge >= 0.3 is 0 Å². The summed E-state index contributed by atoms with van der Waals surface area (Å²) in [5, 5.41) is 21.1. The second-order valence-corrected chi connectivity index (χ2v) is 8.90. The van der Waals surface area contributed by atoms with Crippen LogP contribution in [-0.4, -0.2) is 7.11 Å². The van der Waals surface area contributed by atoms with Gasteiger partial charge in [0, 0.05) is 27.8 Å². The summed E-state index contributed by atoms with van der Waals surface area (Å²) in [6.07, 6.45) is 3.96. The van der Waals surface area contributed by atoms with Crippen molar-refractivity contribution in [2.75, 3.05) is 12.0 Å². The molecule has 0 bridgehead atoms. The lowest BCUT2D eigenvalue weighted by Crippen LogP contribution is -2.09. The van der Waals surface area contributed by atoms with E-state index in [4.69, 9.17) is 4.74 Å². The van der Waals surface area contributed by atoms with E-state index < -0.39 is 0 Å². The highest BCUT2D eigenvalue weighted by molar-refractivity contribution is 5.96. The number of aryl methyl sites for hydroxylation is 1. The van der Waals surface area contributed by atoms with E-state index in [2.05, 4.69) is 53.4 Å². The van der Waals surface area contributed by atoms with Gasteiger partial charge in [0.1, 0.15) is 17.9 Å². The number of hydrogen-bond donors (Lipinski definition) is 0. The Morgan fingerprint density at radius 3 is 1.84 bits per heavy atom. The molecule has 0 N–H and O–H groups in total. The van der Waals surface area contributed by atoms with Gasteiger partial charge in [0.2, 0.25) is 0 Å². The largest absolute Gasteiger partial charge is 0.497 e. The summed E-state index contributed by atoms with van der Waals surface area (Å²) in [7, 11) is 1.66. The highest BCUT2D eigenvalue weighted by atomic mass is 16.5. The second kappa shape index (κ2) is 10.7. The first-order chi connectivity index (χ1) is 18.6. The number of para-hydroxylation sites is 1. The average molecular weight is 492 g/mol. The zero-order valence-electron chi connectivity index (χ0n) is 21.2. The van der Waals surface area contributed by atoms with Crippen LogP contribution in [0.25, 0.3) is 22.9 Å². The van der Waals surface area contributed by atoms with Crippen molar-refractivity contribution in [1.29, 1.82) is 10.5 Å². The lowest BCUT2D eigenvalue weighted by atomic mass is 9.94. The van der Waals surface area contributed by atoms with Gasteiger partial charge in [-0.25, -0.2) is 0 Å². The molecular weight excluding hydrogens is 466 g/mol. The van der Waals surface area contributed by atoms with E-state index in [-0.39, 0.29) is 0 Å². The molecule has 0 spiro atoms. The summed E-state index contributed by atoms with van der Waals surface area (Å²) in [6, 6.07) is 38.8. The Bertz CT molecular complexity index is 1710. The zero-order chi connectivity index (χ0) is 26.5. The molecule has 5 aromatic rings. The predicted octanol–water partition coefficient (Wildman–Crippen LogP) is 8.54. The summed E-state index contributed by atoms with van der Waals surface area (Å²) in [4.78, 5) is 2.19. The van der Waals surface area contributed by atoms with Gasteiger partial charge in [0.25, 0.3) is 0 Å². The van der Waals surface area contributed by atoms with E-state index in [0.717, 1.165) is 50.3 Å². The van der Waals surface area contributed by atoms with Gasteiger partial charge in [0.05, 0.1) is 18.2 Å². The molecule has 4 nitrogen and oxygen atoms in total. The van der Waals surface area contributed by atoms with E-state index in [1.54, 1.807) is 7.11 Å². The Morgan fingerprint density at radius 2 is 1.21 bits per heavy atom. The molecule has 0 fully saturated rings. The average Bonchev–Trinajstić information content (AvgIpc) is 2.97. The number of anilines is 3.